The first-order chi connectivity index (χ1) is 13.0. The van der Waals surface area contributed by atoms with Crippen LogP contribution in [0.5, 0.6) is 11.5 Å². The molecule has 2 amide bonds. The summed E-state index contributed by atoms with van der Waals surface area (Å²) in [7, 11) is 1.79. The largest absolute Gasteiger partial charge is 0.490 e. The number of carbonyl (C=O) groups is 2. The number of benzene rings is 1. The van der Waals surface area contributed by atoms with Crippen LogP contribution < -0.4 is 14.8 Å². The fourth-order valence-electron chi connectivity index (χ4n) is 3.08. The van der Waals surface area contributed by atoms with E-state index in [1.54, 1.807) is 30.1 Å². The summed E-state index contributed by atoms with van der Waals surface area (Å²) in [5, 5.41) is 2.86. The quantitative estimate of drug-likeness (QED) is 0.715. The van der Waals surface area contributed by atoms with Crippen molar-refractivity contribution in [3.8, 4) is 11.5 Å². The predicted molar refractivity (Wildman–Crippen MR) is 105 cm³/mol. The second kappa shape index (κ2) is 10.2. The van der Waals surface area contributed by atoms with Gasteiger partial charge in [0, 0.05) is 24.8 Å². The van der Waals surface area contributed by atoms with Crippen LogP contribution in [0.25, 0.3) is 0 Å². The van der Waals surface area contributed by atoms with Crippen LogP contribution in [0.1, 0.15) is 33.6 Å². The highest BCUT2D eigenvalue weighted by molar-refractivity contribution is 5.93. The molecule has 0 aromatic heterocycles. The van der Waals surface area contributed by atoms with E-state index in [0.717, 1.165) is 25.9 Å². The van der Waals surface area contributed by atoms with Crippen molar-refractivity contribution in [2.45, 2.75) is 39.7 Å². The van der Waals surface area contributed by atoms with Gasteiger partial charge in [0.1, 0.15) is 0 Å². The zero-order valence-corrected chi connectivity index (χ0v) is 16.8. The van der Waals surface area contributed by atoms with Crippen LogP contribution in [-0.4, -0.2) is 67.6 Å². The number of ether oxygens (including phenoxy) is 2. The molecule has 0 aliphatic carbocycles. The van der Waals surface area contributed by atoms with E-state index < -0.39 is 0 Å². The maximum atomic E-state index is 12.5. The minimum Gasteiger partial charge on any atom is -0.490 e. The Balaban J connectivity index is 1.93. The van der Waals surface area contributed by atoms with Gasteiger partial charge in [-0.3, -0.25) is 14.5 Å². The highest BCUT2D eigenvalue weighted by Crippen LogP contribution is 2.30. The standard InChI is InChI=1S/C20H31N3O4/c1-5-26-17-10-9-16(13-18(17)27-6-2)21-19(24)14-22(4)15(3)20(25)23-11-7-8-12-23/h9-10,13,15H,5-8,11-12,14H2,1-4H3,(H,21,24)/t15-/m0/s1. The lowest BCUT2D eigenvalue weighted by Gasteiger charge is -2.27. The maximum Gasteiger partial charge on any atom is 0.239 e. The van der Waals surface area contributed by atoms with Gasteiger partial charge in [-0.2, -0.15) is 0 Å². The van der Waals surface area contributed by atoms with Crippen molar-refractivity contribution in [2.24, 2.45) is 0 Å². The second-order valence-electron chi connectivity index (χ2n) is 6.70. The molecule has 1 aliphatic heterocycles. The lowest BCUT2D eigenvalue weighted by atomic mass is 10.2. The molecular formula is C20H31N3O4. The normalized spacial score (nSPS) is 14.9. The molecular weight excluding hydrogens is 346 g/mol. The lowest BCUT2D eigenvalue weighted by Crippen LogP contribution is -2.46. The third-order valence-electron chi connectivity index (χ3n) is 4.66. The molecule has 1 N–H and O–H groups in total. The van der Waals surface area contributed by atoms with Crippen LogP contribution in [0.15, 0.2) is 18.2 Å². The van der Waals surface area contributed by atoms with Crippen molar-refractivity contribution in [3.63, 3.8) is 0 Å². The first kappa shape index (κ1) is 21.0. The molecule has 0 radical (unpaired) electrons. The topological polar surface area (TPSA) is 71.1 Å². The van der Waals surface area contributed by atoms with E-state index in [9.17, 15) is 9.59 Å². The number of nitrogens with one attached hydrogen (secondary N) is 1. The average molecular weight is 377 g/mol. The molecule has 0 bridgehead atoms. The summed E-state index contributed by atoms with van der Waals surface area (Å²) in [4.78, 5) is 28.5. The number of hydrogen-bond acceptors (Lipinski definition) is 5. The molecule has 2 rings (SSSR count). The van der Waals surface area contributed by atoms with E-state index in [4.69, 9.17) is 9.47 Å². The number of nitrogens with zero attached hydrogens (tertiary/aromatic N) is 2. The molecule has 1 atom stereocenters. The van der Waals surface area contributed by atoms with Crippen molar-refractivity contribution in [2.75, 3.05) is 45.2 Å². The summed E-state index contributed by atoms with van der Waals surface area (Å²) in [6, 6.07) is 5.00. The zero-order chi connectivity index (χ0) is 19.8. The van der Waals surface area contributed by atoms with E-state index in [-0.39, 0.29) is 24.4 Å². The Labute approximate surface area is 161 Å². The van der Waals surface area contributed by atoms with Gasteiger partial charge in [-0.25, -0.2) is 0 Å². The number of rotatable bonds is 9. The molecule has 0 spiro atoms. The fourth-order valence-corrected chi connectivity index (χ4v) is 3.08. The minimum atomic E-state index is -0.326. The average Bonchev–Trinajstić information content (AvgIpc) is 3.17. The Morgan fingerprint density at radius 1 is 1.15 bits per heavy atom. The van der Waals surface area contributed by atoms with Gasteiger partial charge in [0.2, 0.25) is 11.8 Å². The van der Waals surface area contributed by atoms with E-state index in [1.165, 1.54) is 0 Å². The van der Waals surface area contributed by atoms with Gasteiger partial charge in [-0.15, -0.1) is 0 Å². The van der Waals surface area contributed by atoms with Gasteiger partial charge in [0.05, 0.1) is 25.8 Å². The summed E-state index contributed by atoms with van der Waals surface area (Å²) in [6.07, 6.45) is 2.12. The summed E-state index contributed by atoms with van der Waals surface area (Å²) in [5.74, 6) is 1.16. The summed E-state index contributed by atoms with van der Waals surface area (Å²) in [5.41, 5.74) is 0.638. The second-order valence-corrected chi connectivity index (χ2v) is 6.70. The van der Waals surface area contributed by atoms with Gasteiger partial charge in [0.25, 0.3) is 0 Å². The van der Waals surface area contributed by atoms with Crippen LogP contribution in [0, 0.1) is 0 Å². The van der Waals surface area contributed by atoms with Gasteiger partial charge >= 0.3 is 0 Å². The third-order valence-corrected chi connectivity index (χ3v) is 4.66. The van der Waals surface area contributed by atoms with Gasteiger partial charge in [-0.05, 0) is 52.8 Å². The maximum absolute atomic E-state index is 12.5. The highest BCUT2D eigenvalue weighted by Gasteiger charge is 2.26. The lowest BCUT2D eigenvalue weighted by molar-refractivity contribution is -0.135. The number of carbonyl (C=O) groups excluding carboxylic acids is 2. The van der Waals surface area contributed by atoms with Crippen LogP contribution in [0.2, 0.25) is 0 Å². The number of amides is 2. The number of likely N-dealkylation sites (tertiary alicyclic amines) is 1. The SMILES string of the molecule is CCOc1ccc(NC(=O)CN(C)[C@@H](C)C(=O)N2CCCC2)cc1OCC. The van der Waals surface area contributed by atoms with Crippen LogP contribution in [0.4, 0.5) is 5.69 Å². The first-order valence-corrected chi connectivity index (χ1v) is 9.64. The van der Waals surface area contributed by atoms with Crippen molar-refractivity contribution in [3.05, 3.63) is 18.2 Å². The molecule has 1 fully saturated rings. The summed E-state index contributed by atoms with van der Waals surface area (Å²) in [6.45, 7) is 8.47. The molecule has 27 heavy (non-hydrogen) atoms. The number of hydrogen-bond donors (Lipinski definition) is 1. The summed E-state index contributed by atoms with van der Waals surface area (Å²) >= 11 is 0. The molecule has 150 valence electrons. The van der Waals surface area contributed by atoms with Crippen LogP contribution in [-0.2, 0) is 9.59 Å². The molecule has 1 aliphatic rings. The van der Waals surface area contributed by atoms with Crippen LogP contribution in [0.3, 0.4) is 0 Å². The first-order valence-electron chi connectivity index (χ1n) is 9.64. The highest BCUT2D eigenvalue weighted by atomic mass is 16.5. The third kappa shape index (κ3) is 5.85. The Hall–Kier alpha value is -2.28. The van der Waals surface area contributed by atoms with E-state index in [1.807, 2.05) is 25.7 Å². The molecule has 1 aromatic carbocycles. The number of anilines is 1. The fraction of sp³-hybridized carbons (Fsp3) is 0.600. The molecule has 7 heteroatoms. The Morgan fingerprint density at radius 3 is 2.41 bits per heavy atom. The molecule has 0 saturated carbocycles. The summed E-state index contributed by atoms with van der Waals surface area (Å²) < 4.78 is 11.1. The van der Waals surface area contributed by atoms with Gasteiger partial charge in [0.15, 0.2) is 11.5 Å². The Kier molecular flexibility index (Phi) is 7.91. The van der Waals surface area contributed by atoms with Gasteiger partial charge in [-0.1, -0.05) is 0 Å². The van der Waals surface area contributed by atoms with Gasteiger partial charge < -0.3 is 19.7 Å². The molecule has 0 unspecified atom stereocenters. The van der Waals surface area contributed by atoms with Crippen molar-refractivity contribution in [1.82, 2.24) is 9.80 Å². The molecule has 7 nitrogen and oxygen atoms in total. The molecule has 1 heterocycles. The van der Waals surface area contributed by atoms with E-state index >= 15 is 0 Å². The van der Waals surface area contributed by atoms with E-state index in [0.29, 0.717) is 30.4 Å². The molecule has 1 aromatic rings. The zero-order valence-electron chi connectivity index (χ0n) is 16.8. The smallest absolute Gasteiger partial charge is 0.239 e. The monoisotopic (exact) mass is 377 g/mol. The Bertz CT molecular complexity index is 644. The molecule has 1 saturated heterocycles. The number of likely N-dealkylation sites (N-methyl/N-ethyl adjacent to an activating group) is 1. The predicted octanol–water partition coefficient (Wildman–Crippen LogP) is 2.37. The van der Waals surface area contributed by atoms with Crippen molar-refractivity contribution < 1.29 is 19.1 Å². The van der Waals surface area contributed by atoms with E-state index in [2.05, 4.69) is 5.32 Å². The van der Waals surface area contributed by atoms with Crippen LogP contribution >= 0.6 is 0 Å². The van der Waals surface area contributed by atoms with Crippen molar-refractivity contribution in [1.29, 1.82) is 0 Å². The minimum absolute atomic E-state index is 0.0856. The van der Waals surface area contributed by atoms with Crippen molar-refractivity contribution >= 4 is 17.5 Å². The Morgan fingerprint density at radius 2 is 1.78 bits per heavy atom.